The quantitative estimate of drug-likeness (QED) is 0.616. The largest absolute Gasteiger partial charge is 0.404 e. The summed E-state index contributed by atoms with van der Waals surface area (Å²) in [6, 6.07) is 14.1. The van der Waals surface area contributed by atoms with Crippen molar-refractivity contribution in [1.82, 2.24) is 0 Å². The van der Waals surface area contributed by atoms with Gasteiger partial charge >= 0.3 is 8.32 Å². The van der Waals surface area contributed by atoms with Gasteiger partial charge < -0.3 is 4.43 Å². The highest BCUT2D eigenvalue weighted by atomic mass is 28.4. The normalized spacial score (nSPS) is 15.1. The molecular formula is C16H18N2OSi. The van der Waals surface area contributed by atoms with Crippen molar-refractivity contribution < 1.29 is 4.43 Å². The van der Waals surface area contributed by atoms with Gasteiger partial charge in [-0.2, -0.15) is 10.5 Å². The molecule has 0 atom stereocenters. The summed E-state index contributed by atoms with van der Waals surface area (Å²) in [4.78, 5) is 0. The van der Waals surface area contributed by atoms with Crippen molar-refractivity contribution in [2.75, 3.05) is 6.61 Å². The van der Waals surface area contributed by atoms with Crippen molar-refractivity contribution in [3.8, 4) is 12.1 Å². The maximum Gasteiger partial charge on any atom is 0.308 e. The van der Waals surface area contributed by atoms with Gasteiger partial charge in [0.2, 0.25) is 0 Å². The van der Waals surface area contributed by atoms with E-state index in [4.69, 9.17) is 4.43 Å². The van der Waals surface area contributed by atoms with E-state index in [9.17, 15) is 10.5 Å². The molecule has 0 fully saturated rings. The van der Waals surface area contributed by atoms with Crippen LogP contribution in [-0.4, -0.2) is 14.9 Å². The Morgan fingerprint density at radius 1 is 1.10 bits per heavy atom. The van der Waals surface area contributed by atoms with Gasteiger partial charge in [-0.25, -0.2) is 0 Å². The first-order valence-electron chi connectivity index (χ1n) is 6.54. The highest BCUT2D eigenvalue weighted by molar-refractivity contribution is 6.99. The van der Waals surface area contributed by atoms with Crippen molar-refractivity contribution in [2.45, 2.75) is 20.8 Å². The first kappa shape index (κ1) is 15.9. The van der Waals surface area contributed by atoms with Crippen LogP contribution in [0.3, 0.4) is 0 Å². The second-order valence-electron chi connectivity index (χ2n) is 4.11. The third-order valence-corrected chi connectivity index (χ3v) is 7.30. The van der Waals surface area contributed by atoms with Crippen LogP contribution in [0, 0.1) is 22.7 Å². The van der Waals surface area contributed by atoms with Gasteiger partial charge in [0.1, 0.15) is 0 Å². The Morgan fingerprint density at radius 3 is 1.95 bits per heavy atom. The molecule has 0 aliphatic carbocycles. The van der Waals surface area contributed by atoms with Crippen LogP contribution >= 0.6 is 0 Å². The van der Waals surface area contributed by atoms with Crippen molar-refractivity contribution in [3.05, 3.63) is 52.9 Å². The summed E-state index contributed by atoms with van der Waals surface area (Å²) in [5.74, 6) is 0. The lowest BCUT2D eigenvalue weighted by Crippen LogP contribution is -2.54. The number of benzene rings is 1. The lowest BCUT2D eigenvalue weighted by atomic mass is 10.4. The third-order valence-electron chi connectivity index (χ3n) is 3.12. The Morgan fingerprint density at radius 2 is 1.60 bits per heavy atom. The second-order valence-corrected chi connectivity index (χ2v) is 7.41. The molecule has 0 bridgehead atoms. The van der Waals surface area contributed by atoms with Crippen LogP contribution in [0.15, 0.2) is 52.9 Å². The Hall–Kier alpha value is -2.14. The SMILES string of the molecule is CC=C(C#N)[Si](OCC)(C(C#N)=CC)c1ccccc1. The highest BCUT2D eigenvalue weighted by Crippen LogP contribution is 2.25. The highest BCUT2D eigenvalue weighted by Gasteiger charge is 2.45. The molecule has 0 spiro atoms. The predicted molar refractivity (Wildman–Crippen MR) is 82.2 cm³/mol. The smallest absolute Gasteiger partial charge is 0.308 e. The summed E-state index contributed by atoms with van der Waals surface area (Å²) in [7, 11) is -2.93. The fraction of sp³-hybridized carbons (Fsp3) is 0.250. The molecule has 4 heteroatoms. The van der Waals surface area contributed by atoms with Crippen LogP contribution in [0.4, 0.5) is 0 Å². The molecule has 0 N–H and O–H groups in total. The van der Waals surface area contributed by atoms with Gasteiger partial charge in [-0.3, -0.25) is 0 Å². The van der Waals surface area contributed by atoms with Gasteiger partial charge in [0.25, 0.3) is 0 Å². The Labute approximate surface area is 121 Å². The van der Waals surface area contributed by atoms with E-state index in [1.807, 2.05) is 51.1 Å². The first-order valence-corrected chi connectivity index (χ1v) is 8.45. The molecule has 1 aromatic carbocycles. The fourth-order valence-electron chi connectivity index (χ4n) is 2.28. The first-order chi connectivity index (χ1) is 9.70. The fourth-order valence-corrected chi connectivity index (χ4v) is 5.89. The summed E-state index contributed by atoms with van der Waals surface area (Å²) in [5, 5.41) is 21.0. The number of rotatable bonds is 5. The van der Waals surface area contributed by atoms with Crippen LogP contribution in [0.5, 0.6) is 0 Å². The lowest BCUT2D eigenvalue weighted by Gasteiger charge is -2.30. The van der Waals surface area contributed by atoms with Gasteiger partial charge in [0, 0.05) is 17.0 Å². The number of hydrogen-bond donors (Lipinski definition) is 0. The minimum atomic E-state index is -2.93. The molecule has 0 aliphatic rings. The van der Waals surface area contributed by atoms with Gasteiger partial charge in [0.05, 0.1) is 12.1 Å². The van der Waals surface area contributed by atoms with Crippen molar-refractivity contribution in [3.63, 3.8) is 0 Å². The van der Waals surface area contributed by atoms with E-state index in [1.165, 1.54) is 0 Å². The van der Waals surface area contributed by atoms with Crippen molar-refractivity contribution in [2.24, 2.45) is 0 Å². The maximum absolute atomic E-state index is 9.49. The molecule has 1 aromatic rings. The van der Waals surface area contributed by atoms with Crippen LogP contribution < -0.4 is 5.19 Å². The van der Waals surface area contributed by atoms with Crippen molar-refractivity contribution in [1.29, 1.82) is 10.5 Å². The molecular weight excluding hydrogens is 264 g/mol. The Balaban J connectivity index is 3.70. The van der Waals surface area contributed by atoms with Gasteiger partial charge in [0.15, 0.2) is 0 Å². The maximum atomic E-state index is 9.49. The summed E-state index contributed by atoms with van der Waals surface area (Å²) in [6.07, 6.45) is 3.52. The average Bonchev–Trinajstić information content (AvgIpc) is 2.50. The molecule has 0 aliphatic heterocycles. The number of nitriles is 2. The van der Waals surface area contributed by atoms with E-state index in [1.54, 1.807) is 12.2 Å². The molecule has 0 heterocycles. The number of allylic oxidation sites excluding steroid dienone is 4. The molecule has 102 valence electrons. The van der Waals surface area contributed by atoms with E-state index < -0.39 is 8.32 Å². The van der Waals surface area contributed by atoms with Gasteiger partial charge in [-0.15, -0.1) is 0 Å². The predicted octanol–water partition coefficient (Wildman–Crippen LogP) is 2.89. The zero-order valence-corrected chi connectivity index (χ0v) is 13.1. The minimum Gasteiger partial charge on any atom is -0.404 e. The molecule has 0 aromatic heterocycles. The lowest BCUT2D eigenvalue weighted by molar-refractivity contribution is 0.343. The monoisotopic (exact) mass is 282 g/mol. The molecule has 0 amide bonds. The molecule has 1 rings (SSSR count). The Kier molecular flexibility index (Phi) is 5.93. The van der Waals surface area contributed by atoms with Crippen molar-refractivity contribution >= 4 is 13.5 Å². The summed E-state index contributed by atoms with van der Waals surface area (Å²) in [6.45, 7) is 5.97. The molecule has 20 heavy (non-hydrogen) atoms. The summed E-state index contributed by atoms with van der Waals surface area (Å²) >= 11 is 0. The van der Waals surface area contributed by atoms with Crippen LogP contribution in [0.2, 0.25) is 0 Å². The third kappa shape index (κ3) is 2.72. The zero-order chi connectivity index (χ0) is 15.0. The summed E-state index contributed by atoms with van der Waals surface area (Å²) in [5.41, 5.74) is 0. The number of hydrogen-bond acceptors (Lipinski definition) is 3. The zero-order valence-electron chi connectivity index (χ0n) is 12.1. The van der Waals surface area contributed by atoms with Gasteiger partial charge in [-0.1, -0.05) is 42.5 Å². The standard InChI is InChI=1S/C16H18N2OSi/c1-4-14(12-17)20(19-6-3,15(5-2)13-18)16-10-8-7-9-11-16/h4-5,7-11H,6H2,1-3H3. The van der Waals surface area contributed by atoms with E-state index in [-0.39, 0.29) is 0 Å². The minimum absolute atomic E-state index is 0.457. The molecule has 0 saturated heterocycles. The topological polar surface area (TPSA) is 56.8 Å². The van der Waals surface area contributed by atoms with E-state index in [2.05, 4.69) is 12.1 Å². The molecule has 0 radical (unpaired) electrons. The number of nitrogens with zero attached hydrogens (tertiary/aromatic N) is 2. The molecule has 0 saturated carbocycles. The summed E-state index contributed by atoms with van der Waals surface area (Å²) < 4.78 is 6.06. The van der Waals surface area contributed by atoms with E-state index >= 15 is 0 Å². The average molecular weight is 282 g/mol. The van der Waals surface area contributed by atoms with Crippen LogP contribution in [0.1, 0.15) is 20.8 Å². The molecule has 3 nitrogen and oxygen atoms in total. The van der Waals surface area contributed by atoms with E-state index in [0.29, 0.717) is 17.0 Å². The van der Waals surface area contributed by atoms with Crippen LogP contribution in [-0.2, 0) is 4.43 Å². The van der Waals surface area contributed by atoms with Crippen LogP contribution in [0.25, 0.3) is 0 Å². The van der Waals surface area contributed by atoms with E-state index in [0.717, 1.165) is 5.19 Å². The molecule has 0 unspecified atom stereocenters. The Bertz CT molecular complexity index is 561. The second kappa shape index (κ2) is 7.45. The van der Waals surface area contributed by atoms with Gasteiger partial charge in [-0.05, 0) is 26.0 Å².